The number of halogens is 2. The lowest BCUT2D eigenvalue weighted by molar-refractivity contribution is -0.0496. The largest absolute Gasteiger partial charge is 0.480 e. The number of methoxy groups -OCH3 is 1. The molecule has 2 N–H and O–H groups in total. The Morgan fingerprint density at radius 2 is 2.00 bits per heavy atom. The van der Waals surface area contributed by atoms with Gasteiger partial charge in [0.05, 0.1) is 29.8 Å². The van der Waals surface area contributed by atoms with Crippen molar-refractivity contribution in [3.05, 3.63) is 71.5 Å². The molecule has 1 aliphatic heterocycles. The van der Waals surface area contributed by atoms with Gasteiger partial charge >= 0.3 is 6.61 Å². The van der Waals surface area contributed by atoms with Gasteiger partial charge in [-0.05, 0) is 29.3 Å². The molecule has 4 rings (SSSR count). The fourth-order valence-corrected chi connectivity index (χ4v) is 4.68. The van der Waals surface area contributed by atoms with E-state index in [1.165, 1.54) is 6.07 Å². The number of pyridine rings is 1. The van der Waals surface area contributed by atoms with Crippen LogP contribution >= 0.6 is 0 Å². The van der Waals surface area contributed by atoms with Crippen LogP contribution in [-0.4, -0.2) is 47.3 Å². The van der Waals surface area contributed by atoms with Gasteiger partial charge in [0.25, 0.3) is 0 Å². The van der Waals surface area contributed by atoms with Gasteiger partial charge in [-0.3, -0.25) is 4.98 Å². The zero-order valence-corrected chi connectivity index (χ0v) is 20.0. The summed E-state index contributed by atoms with van der Waals surface area (Å²) in [4.78, 5) is 6.33. The van der Waals surface area contributed by atoms with Gasteiger partial charge < -0.3 is 19.1 Å². The third-order valence-electron chi connectivity index (χ3n) is 5.60. The fraction of sp³-hybridized carbons (Fsp3) is 0.292. The number of nitrogens with two attached hydrogens (primary N) is 1. The molecule has 0 fully saturated rings. The van der Waals surface area contributed by atoms with Crippen LogP contribution in [0.15, 0.2) is 54.9 Å². The molecule has 35 heavy (non-hydrogen) atoms. The Labute approximate surface area is 202 Å². The average molecular weight is 506 g/mol. The van der Waals surface area contributed by atoms with Crippen molar-refractivity contribution in [2.24, 2.45) is 5.14 Å². The predicted molar refractivity (Wildman–Crippen MR) is 127 cm³/mol. The van der Waals surface area contributed by atoms with Crippen molar-refractivity contribution < 1.29 is 31.4 Å². The van der Waals surface area contributed by atoms with E-state index in [1.54, 1.807) is 49.8 Å². The molecule has 2 aromatic carbocycles. The Balaban J connectivity index is 1.84. The second-order valence-electron chi connectivity index (χ2n) is 8.13. The minimum absolute atomic E-state index is 0.0393. The van der Waals surface area contributed by atoms with Crippen LogP contribution in [0.1, 0.15) is 22.8 Å². The summed E-state index contributed by atoms with van der Waals surface area (Å²) in [5.74, 6) is -0.0619. The van der Waals surface area contributed by atoms with Gasteiger partial charge in [-0.2, -0.15) is 8.78 Å². The molecule has 1 aromatic heterocycles. The summed E-state index contributed by atoms with van der Waals surface area (Å²) in [6.45, 7) is -1.85. The Kier molecular flexibility index (Phi) is 7.20. The normalized spacial score (nSPS) is 14.7. The Hall–Kier alpha value is -3.28. The molecule has 0 saturated carbocycles. The second-order valence-corrected chi connectivity index (χ2v) is 9.74. The third-order valence-corrected chi connectivity index (χ3v) is 6.34. The lowest BCUT2D eigenvalue weighted by Gasteiger charge is -2.31. The van der Waals surface area contributed by atoms with Crippen molar-refractivity contribution in [2.45, 2.75) is 18.5 Å². The number of rotatable bonds is 9. The van der Waals surface area contributed by atoms with E-state index in [-0.39, 0.29) is 11.5 Å². The lowest BCUT2D eigenvalue weighted by atomic mass is 9.88. The number of nitrogens with zero attached hydrogens (tertiary/aromatic N) is 2. The highest BCUT2D eigenvalue weighted by atomic mass is 32.2. The Morgan fingerprint density at radius 3 is 2.71 bits per heavy atom. The van der Waals surface area contributed by atoms with Crippen LogP contribution in [0.4, 0.5) is 14.5 Å². The summed E-state index contributed by atoms with van der Waals surface area (Å²) in [6.07, 6.45) is 2.69. The molecule has 1 unspecified atom stereocenters. The second kappa shape index (κ2) is 10.1. The number of anilines is 1. The van der Waals surface area contributed by atoms with E-state index in [0.29, 0.717) is 46.7 Å². The van der Waals surface area contributed by atoms with Gasteiger partial charge in [0.1, 0.15) is 11.5 Å². The molecule has 1 aliphatic rings. The van der Waals surface area contributed by atoms with E-state index in [0.717, 1.165) is 5.69 Å². The van der Waals surface area contributed by atoms with Crippen molar-refractivity contribution in [1.82, 2.24) is 4.98 Å². The van der Waals surface area contributed by atoms with Gasteiger partial charge in [0, 0.05) is 38.0 Å². The molecule has 8 nitrogen and oxygen atoms in total. The SMILES string of the molecule is COCCN(C)c1cncc(C2Oc3cccc(OC(F)F)c3-c3ccc(CS(N)(=O)=O)cc32)c1. The van der Waals surface area contributed by atoms with Crippen molar-refractivity contribution in [1.29, 1.82) is 0 Å². The standard InChI is InChI=1S/C24H25F2N3O5S/c1-29(8-9-32-2)17-11-16(12-28-13-17)23-19-10-15(14-35(27,30)31)6-7-18(19)22-20(33-23)4-3-5-21(22)34-24(25)26/h3-7,10-13,23-24H,8-9,14H2,1-2H3,(H2,27,30,31). The maximum Gasteiger partial charge on any atom is 0.387 e. The first kappa shape index (κ1) is 24.8. The summed E-state index contributed by atoms with van der Waals surface area (Å²) < 4.78 is 65.8. The molecule has 0 spiro atoms. The van der Waals surface area contributed by atoms with E-state index in [4.69, 9.17) is 19.3 Å². The van der Waals surface area contributed by atoms with E-state index < -0.39 is 22.7 Å². The Morgan fingerprint density at radius 1 is 1.20 bits per heavy atom. The summed E-state index contributed by atoms with van der Waals surface area (Å²) in [6, 6.07) is 11.5. The van der Waals surface area contributed by atoms with E-state index in [1.807, 2.05) is 18.0 Å². The average Bonchev–Trinajstić information content (AvgIpc) is 2.80. The van der Waals surface area contributed by atoms with E-state index in [2.05, 4.69) is 4.98 Å². The highest BCUT2D eigenvalue weighted by Gasteiger charge is 2.31. The smallest absolute Gasteiger partial charge is 0.387 e. The molecule has 1 atom stereocenters. The predicted octanol–water partition coefficient (Wildman–Crippen LogP) is 3.70. The summed E-state index contributed by atoms with van der Waals surface area (Å²) in [5.41, 5.74) is 3.50. The minimum Gasteiger partial charge on any atom is -0.480 e. The first-order chi connectivity index (χ1) is 16.7. The maximum atomic E-state index is 13.1. The minimum atomic E-state index is -3.79. The molecule has 2 heterocycles. The molecular formula is C24H25F2N3O5S. The van der Waals surface area contributed by atoms with E-state index >= 15 is 0 Å². The van der Waals surface area contributed by atoms with Crippen LogP contribution in [0.25, 0.3) is 11.1 Å². The van der Waals surface area contributed by atoms with Gasteiger partial charge in [0.2, 0.25) is 10.0 Å². The molecule has 0 amide bonds. The molecule has 0 radical (unpaired) electrons. The van der Waals surface area contributed by atoms with Gasteiger partial charge in [-0.1, -0.05) is 24.3 Å². The number of hydrogen-bond donors (Lipinski definition) is 1. The molecular weight excluding hydrogens is 480 g/mol. The monoisotopic (exact) mass is 505 g/mol. The van der Waals surface area contributed by atoms with Crippen molar-refractivity contribution in [2.75, 3.05) is 32.2 Å². The van der Waals surface area contributed by atoms with Crippen LogP contribution in [-0.2, 0) is 20.5 Å². The van der Waals surface area contributed by atoms with Gasteiger partial charge in [-0.15, -0.1) is 0 Å². The number of benzene rings is 2. The molecule has 3 aromatic rings. The number of ether oxygens (including phenoxy) is 3. The molecule has 0 aliphatic carbocycles. The number of alkyl halides is 2. The van der Waals surface area contributed by atoms with Crippen molar-refractivity contribution in [3.8, 4) is 22.6 Å². The van der Waals surface area contributed by atoms with Crippen LogP contribution in [0.5, 0.6) is 11.5 Å². The fourth-order valence-electron chi connectivity index (χ4n) is 4.04. The first-order valence-electron chi connectivity index (χ1n) is 10.7. The number of sulfonamides is 1. The van der Waals surface area contributed by atoms with Gasteiger partial charge in [-0.25, -0.2) is 13.6 Å². The molecule has 11 heteroatoms. The quantitative estimate of drug-likeness (QED) is 0.473. The van der Waals surface area contributed by atoms with Gasteiger partial charge in [0.15, 0.2) is 6.10 Å². The molecule has 0 saturated heterocycles. The summed E-state index contributed by atoms with van der Waals surface area (Å²) >= 11 is 0. The number of likely N-dealkylation sites (N-methyl/N-ethyl adjacent to an activating group) is 1. The Bertz CT molecular complexity index is 1320. The number of hydrogen-bond acceptors (Lipinski definition) is 7. The number of fused-ring (bicyclic) bond motifs is 3. The number of primary sulfonamides is 1. The summed E-state index contributed by atoms with van der Waals surface area (Å²) in [7, 11) is -0.264. The summed E-state index contributed by atoms with van der Waals surface area (Å²) in [5, 5.41) is 5.25. The van der Waals surface area contributed by atoms with Crippen LogP contribution in [0.2, 0.25) is 0 Å². The van der Waals surface area contributed by atoms with Crippen LogP contribution < -0.4 is 19.5 Å². The maximum absolute atomic E-state index is 13.1. The zero-order chi connectivity index (χ0) is 25.2. The lowest BCUT2D eigenvalue weighted by Crippen LogP contribution is -2.23. The zero-order valence-electron chi connectivity index (χ0n) is 19.1. The molecule has 0 bridgehead atoms. The number of aromatic nitrogens is 1. The van der Waals surface area contributed by atoms with Crippen molar-refractivity contribution >= 4 is 15.7 Å². The highest BCUT2D eigenvalue weighted by molar-refractivity contribution is 7.88. The van der Waals surface area contributed by atoms with Crippen LogP contribution in [0.3, 0.4) is 0 Å². The van der Waals surface area contributed by atoms with Crippen LogP contribution in [0, 0.1) is 0 Å². The van der Waals surface area contributed by atoms with E-state index in [9.17, 15) is 17.2 Å². The molecule has 186 valence electrons. The highest BCUT2D eigenvalue weighted by Crippen LogP contribution is 2.49. The third kappa shape index (κ3) is 5.69. The van der Waals surface area contributed by atoms with Crippen molar-refractivity contribution in [3.63, 3.8) is 0 Å². The first-order valence-corrected chi connectivity index (χ1v) is 12.4. The topological polar surface area (TPSA) is 104 Å².